The summed E-state index contributed by atoms with van der Waals surface area (Å²) in [5.74, 6) is 0.00801. The fourth-order valence-corrected chi connectivity index (χ4v) is 1.51. The molecule has 1 aromatic rings. The van der Waals surface area contributed by atoms with Crippen molar-refractivity contribution < 1.29 is 18.4 Å². The summed E-state index contributed by atoms with van der Waals surface area (Å²) in [5, 5.41) is 2.81. The van der Waals surface area contributed by atoms with Crippen LogP contribution < -0.4 is 10.8 Å². The quantitative estimate of drug-likeness (QED) is 0.272. The van der Waals surface area contributed by atoms with Crippen LogP contribution in [0, 0.1) is 0 Å². The van der Waals surface area contributed by atoms with Crippen LogP contribution in [0.15, 0.2) is 24.3 Å². The van der Waals surface area contributed by atoms with Crippen molar-refractivity contribution in [2.75, 3.05) is 17.7 Å². The maximum Gasteiger partial charge on any atom is 0.312 e. The van der Waals surface area contributed by atoms with Gasteiger partial charge in [0.15, 0.2) is 11.1 Å². The second kappa shape index (κ2) is 7.77. The molecule has 0 aliphatic carbocycles. The summed E-state index contributed by atoms with van der Waals surface area (Å²) >= 11 is -1.85. The van der Waals surface area contributed by atoms with Crippen LogP contribution in [0.25, 0.3) is 0 Å². The van der Waals surface area contributed by atoms with Gasteiger partial charge in [0.05, 0.1) is 0 Å². The van der Waals surface area contributed by atoms with E-state index in [1.54, 1.807) is 0 Å². The Bertz CT molecular complexity index is 369. The van der Waals surface area contributed by atoms with E-state index in [1.807, 2.05) is 24.3 Å². The van der Waals surface area contributed by atoms with Crippen LogP contribution in [0.2, 0.25) is 0 Å². The van der Waals surface area contributed by atoms with Crippen LogP contribution in [0.3, 0.4) is 0 Å². The molecule has 0 amide bonds. The van der Waals surface area contributed by atoms with E-state index in [9.17, 15) is 9.00 Å². The zero-order valence-corrected chi connectivity index (χ0v) is 9.90. The Morgan fingerprint density at radius 1 is 1.35 bits per heavy atom. The first-order valence-electron chi connectivity index (χ1n) is 4.95. The van der Waals surface area contributed by atoms with E-state index in [-0.39, 0.29) is 5.88 Å². The number of rotatable bonds is 8. The molecule has 0 spiro atoms. The molecule has 17 heavy (non-hydrogen) atoms. The summed E-state index contributed by atoms with van der Waals surface area (Å²) in [6.45, 7) is 0.869. The fourth-order valence-electron chi connectivity index (χ4n) is 1.22. The second-order valence-electron chi connectivity index (χ2n) is 3.20. The van der Waals surface area contributed by atoms with Crippen LogP contribution in [0.5, 0.6) is 0 Å². The van der Waals surface area contributed by atoms with Crippen LogP contribution in [0.1, 0.15) is 5.56 Å². The van der Waals surface area contributed by atoms with Crippen LogP contribution in [-0.2, 0) is 27.1 Å². The van der Waals surface area contributed by atoms with Gasteiger partial charge in [0.25, 0.3) is 0 Å². The number of hydrogen-bond donors (Lipinski definition) is 3. The molecule has 1 atom stereocenters. The smallest absolute Gasteiger partial charge is 0.312 e. The SMILES string of the molecule is O=CONCCc1ccc(NCS(=O)O)cc1. The first-order chi connectivity index (χ1) is 8.22. The molecule has 1 aromatic carbocycles. The van der Waals surface area contributed by atoms with Crippen molar-refractivity contribution in [2.24, 2.45) is 0 Å². The molecule has 0 radical (unpaired) electrons. The number of anilines is 1. The molecule has 3 N–H and O–H groups in total. The topological polar surface area (TPSA) is 87.7 Å². The number of carbonyl (C=O) groups excluding carboxylic acids is 1. The molecule has 0 fully saturated rings. The lowest BCUT2D eigenvalue weighted by atomic mass is 10.1. The van der Waals surface area contributed by atoms with Crippen molar-refractivity contribution in [1.29, 1.82) is 0 Å². The zero-order valence-electron chi connectivity index (χ0n) is 9.09. The van der Waals surface area contributed by atoms with E-state index >= 15 is 0 Å². The van der Waals surface area contributed by atoms with Gasteiger partial charge >= 0.3 is 6.47 Å². The van der Waals surface area contributed by atoms with Crippen molar-refractivity contribution in [2.45, 2.75) is 6.42 Å². The predicted molar refractivity (Wildman–Crippen MR) is 64.6 cm³/mol. The molecule has 6 nitrogen and oxygen atoms in total. The lowest BCUT2D eigenvalue weighted by molar-refractivity contribution is -0.135. The summed E-state index contributed by atoms with van der Waals surface area (Å²) < 4.78 is 19.0. The van der Waals surface area contributed by atoms with E-state index in [4.69, 9.17) is 4.55 Å². The summed E-state index contributed by atoms with van der Waals surface area (Å²) in [5.41, 5.74) is 4.34. The number of hydrogen-bond acceptors (Lipinski definition) is 5. The van der Waals surface area contributed by atoms with Crippen molar-refractivity contribution in [3.63, 3.8) is 0 Å². The van der Waals surface area contributed by atoms with Gasteiger partial charge in [-0.05, 0) is 24.1 Å². The Morgan fingerprint density at radius 3 is 2.65 bits per heavy atom. The van der Waals surface area contributed by atoms with Gasteiger partial charge in [-0.2, -0.15) is 5.48 Å². The molecule has 0 aliphatic heterocycles. The largest absolute Gasteiger partial charge is 0.374 e. The zero-order chi connectivity index (χ0) is 12.5. The molecule has 1 rings (SSSR count). The molecule has 0 saturated carbocycles. The summed E-state index contributed by atoms with van der Waals surface area (Å²) in [6.07, 6.45) is 0.722. The first-order valence-corrected chi connectivity index (χ1v) is 6.22. The van der Waals surface area contributed by atoms with E-state index in [2.05, 4.69) is 15.6 Å². The van der Waals surface area contributed by atoms with Gasteiger partial charge in [0.1, 0.15) is 5.88 Å². The van der Waals surface area contributed by atoms with Crippen LogP contribution >= 0.6 is 0 Å². The Labute approximate surface area is 102 Å². The van der Waals surface area contributed by atoms with E-state index in [1.165, 1.54) is 0 Å². The van der Waals surface area contributed by atoms with Gasteiger partial charge in [-0.3, -0.25) is 4.79 Å². The number of nitrogens with one attached hydrogen (secondary N) is 2. The molecular formula is C10H14N2O4S. The highest BCUT2D eigenvalue weighted by molar-refractivity contribution is 7.79. The standard InChI is InChI=1S/C10H14N2O4S/c13-8-16-12-6-5-9-1-3-10(4-2-9)11-7-17(14)15/h1-4,8,11-12H,5-7H2,(H,14,15). The Kier molecular flexibility index (Phi) is 6.23. The van der Waals surface area contributed by atoms with Gasteiger partial charge < -0.3 is 14.7 Å². The third kappa shape index (κ3) is 6.00. The Hall–Kier alpha value is -1.44. The summed E-state index contributed by atoms with van der Waals surface area (Å²) in [6, 6.07) is 7.43. The highest BCUT2D eigenvalue weighted by Crippen LogP contribution is 2.09. The summed E-state index contributed by atoms with van der Waals surface area (Å²) in [4.78, 5) is 14.2. The number of carbonyl (C=O) groups is 1. The molecule has 0 heterocycles. The van der Waals surface area contributed by atoms with Crippen molar-refractivity contribution in [3.05, 3.63) is 29.8 Å². The lowest BCUT2D eigenvalue weighted by Crippen LogP contribution is -2.16. The van der Waals surface area contributed by atoms with Crippen molar-refractivity contribution in [3.8, 4) is 0 Å². The second-order valence-corrected chi connectivity index (χ2v) is 4.13. The Morgan fingerprint density at radius 2 is 2.06 bits per heavy atom. The third-order valence-electron chi connectivity index (χ3n) is 2.00. The van der Waals surface area contributed by atoms with Gasteiger partial charge in [-0.1, -0.05) is 12.1 Å². The Balaban J connectivity index is 2.33. The minimum absolute atomic E-state index is 0.00801. The number of hydroxylamine groups is 1. The highest BCUT2D eigenvalue weighted by Gasteiger charge is 1.96. The van der Waals surface area contributed by atoms with Gasteiger partial charge in [0.2, 0.25) is 0 Å². The molecule has 1 unspecified atom stereocenters. The lowest BCUT2D eigenvalue weighted by Gasteiger charge is -2.05. The molecule has 0 aliphatic rings. The van der Waals surface area contributed by atoms with Crippen LogP contribution in [0.4, 0.5) is 5.69 Å². The molecule has 0 bridgehead atoms. The monoisotopic (exact) mass is 258 g/mol. The highest BCUT2D eigenvalue weighted by atomic mass is 32.2. The predicted octanol–water partition coefficient (Wildman–Crippen LogP) is 0.498. The van der Waals surface area contributed by atoms with Crippen molar-refractivity contribution >= 4 is 23.2 Å². The minimum atomic E-state index is -1.85. The number of benzene rings is 1. The molecule has 0 aromatic heterocycles. The first kappa shape index (κ1) is 13.6. The average Bonchev–Trinajstić information content (AvgIpc) is 2.33. The fraction of sp³-hybridized carbons (Fsp3) is 0.300. The molecule has 7 heteroatoms. The normalized spacial score (nSPS) is 11.8. The summed E-state index contributed by atoms with van der Waals surface area (Å²) in [7, 11) is 0. The van der Waals surface area contributed by atoms with Gasteiger partial charge in [0, 0.05) is 12.2 Å². The molecule has 94 valence electrons. The maximum absolute atomic E-state index is 10.4. The average molecular weight is 258 g/mol. The maximum atomic E-state index is 10.4. The van der Waals surface area contributed by atoms with E-state index in [0.717, 1.165) is 17.7 Å². The van der Waals surface area contributed by atoms with E-state index in [0.29, 0.717) is 13.0 Å². The molecule has 0 saturated heterocycles. The van der Waals surface area contributed by atoms with Gasteiger partial charge in [-0.25, -0.2) is 4.21 Å². The minimum Gasteiger partial charge on any atom is -0.374 e. The van der Waals surface area contributed by atoms with Crippen molar-refractivity contribution in [1.82, 2.24) is 5.48 Å². The third-order valence-corrected chi connectivity index (χ3v) is 2.39. The van der Waals surface area contributed by atoms with Gasteiger partial charge in [-0.15, -0.1) is 0 Å². The molecular weight excluding hydrogens is 244 g/mol. The van der Waals surface area contributed by atoms with Crippen LogP contribution in [-0.4, -0.2) is 27.7 Å². The van der Waals surface area contributed by atoms with E-state index < -0.39 is 11.1 Å².